The molecule has 5 aromatic carbocycles. The molecule has 0 bridgehead atoms. The molecule has 11 N–H and O–H groups in total. The van der Waals surface area contributed by atoms with Gasteiger partial charge in [0.25, 0.3) is 20.2 Å². The molecule has 1 aromatic heterocycles. The smallest absolute Gasteiger partial charge is 0.337 e. The van der Waals surface area contributed by atoms with Crippen molar-refractivity contribution in [2.75, 3.05) is 28.7 Å². The molecule has 1 heterocycles. The monoisotopic (exact) mass is 1140 g/mol. The topological polar surface area (TPSA) is 464 Å². The van der Waals surface area contributed by atoms with Crippen LogP contribution in [0.1, 0.15) is 10.4 Å². The summed E-state index contributed by atoms with van der Waals surface area (Å²) in [5.74, 6) is -3.39. The largest absolute Gasteiger partial charge is 0.505 e. The van der Waals surface area contributed by atoms with Crippen molar-refractivity contribution in [3.8, 4) is 5.75 Å². The fraction of sp³-hybridized carbons (Fsp3) is 0.0588. The summed E-state index contributed by atoms with van der Waals surface area (Å²) in [6.07, 6.45) is 0. The molecule has 6 rings (SSSR count). The number of nitrogens with one attached hydrogen (secondary N) is 2. The number of hydrogen-bond donors (Lipinski definition) is 10. The summed E-state index contributed by atoms with van der Waals surface area (Å²) >= 11 is 6.63. The number of nitrogen functional groups attached to an aromatic ring is 1. The Bertz CT molecular complexity index is 3440. The summed E-state index contributed by atoms with van der Waals surface area (Å²) < 4.78 is 114. The number of sulfone groups is 1. The van der Waals surface area contributed by atoms with Crippen LogP contribution in [0.15, 0.2) is 118 Å². The lowest BCUT2D eigenvalue weighted by Crippen LogP contribution is -2.12. The Hall–Kier alpha value is -6.05. The van der Waals surface area contributed by atoms with E-state index in [1.54, 1.807) is 6.07 Å². The van der Waals surface area contributed by atoms with Crippen LogP contribution in [-0.4, -0.2) is 93.6 Å². The van der Waals surface area contributed by atoms with Gasteiger partial charge in [0, 0.05) is 11.1 Å². The molecular weight excluding hydrogens is 1110 g/mol. The van der Waals surface area contributed by atoms with E-state index in [4.69, 9.17) is 37.3 Å². The van der Waals surface area contributed by atoms with Gasteiger partial charge in [0.15, 0.2) is 27.9 Å². The molecule has 0 aliphatic heterocycles. The van der Waals surface area contributed by atoms with Crippen LogP contribution in [0.3, 0.4) is 0 Å². The van der Waals surface area contributed by atoms with Crippen LogP contribution >= 0.6 is 48.0 Å². The van der Waals surface area contributed by atoms with Crippen molar-refractivity contribution in [2.45, 2.75) is 24.5 Å². The number of aromatic hydroxyl groups is 1. The number of carboxylic acid groups (broad SMARTS) is 1. The molecule has 31 nitrogen and oxygen atoms in total. The molecule has 0 aliphatic rings. The lowest BCUT2D eigenvalue weighted by molar-refractivity contribution is -0.434. The molecule has 0 saturated heterocycles. The Morgan fingerprint density at radius 2 is 1.35 bits per heavy atom. The number of phenolic OH excluding ortho intramolecular Hbond substituents is 1. The molecule has 0 aliphatic carbocycles. The first-order valence-electron chi connectivity index (χ1n) is 18.4. The van der Waals surface area contributed by atoms with Crippen molar-refractivity contribution in [1.29, 1.82) is 0 Å². The van der Waals surface area contributed by atoms with Gasteiger partial charge in [0.1, 0.15) is 32.5 Å². The number of halogens is 1. The maximum Gasteiger partial charge on any atom is 0.337 e. The first-order chi connectivity index (χ1) is 34.1. The first kappa shape index (κ1) is 55.3. The molecule has 0 radical (unpaired) electrons. The van der Waals surface area contributed by atoms with E-state index in [2.05, 4.69) is 74.2 Å². The Balaban J connectivity index is 1.39. The number of nitrogens with zero attached hydrogens (tertiary/aromatic N) is 7. The third kappa shape index (κ3) is 13.9. The summed E-state index contributed by atoms with van der Waals surface area (Å²) in [7, 11) is -14.9. The van der Waals surface area contributed by atoms with Gasteiger partial charge in [-0.1, -0.05) is 27.2 Å². The number of aromatic carboxylic acids is 1. The van der Waals surface area contributed by atoms with Gasteiger partial charge in [-0.2, -0.15) is 31.8 Å². The molecule has 0 fully saturated rings. The second-order valence-electron chi connectivity index (χ2n) is 13.1. The standard InChI is InChI=1S/C34H27ClN10O21S6/c35-32-39-33(41-34(40-32)38-19-4-2-1-3-17(19)31(47)48)37-15-5-7-20(23(11-15)67-64-61-49)42-44-22-14-25(71(54,55)56)18-13-24(68-65-62-50)29(30(46)27(18)28(22)36)45-43-21-8-6-16(12-26(21)72(57,58)59)70(52,53)10-9-60-69-66-63-51/h1-8,11-14,46,49-51H,9-10,36H2,(H,47,48)(H,54,55,56)(H,57,58,59)(H2,37,38,39,40,41). The van der Waals surface area contributed by atoms with Gasteiger partial charge >= 0.3 is 5.97 Å². The predicted octanol–water partition coefficient (Wildman–Crippen LogP) is 8.11. The highest BCUT2D eigenvalue weighted by Crippen LogP contribution is 2.50. The zero-order chi connectivity index (χ0) is 52.4. The van der Waals surface area contributed by atoms with Gasteiger partial charge in [0.05, 0.1) is 73.5 Å². The fourth-order valence-electron chi connectivity index (χ4n) is 5.82. The number of benzene rings is 5. The Labute approximate surface area is 419 Å². The first-order valence-corrected chi connectivity index (χ1v) is 25.5. The van der Waals surface area contributed by atoms with Crippen molar-refractivity contribution in [3.05, 3.63) is 83.6 Å². The van der Waals surface area contributed by atoms with Gasteiger partial charge in [-0.25, -0.2) is 29.0 Å². The number of para-hydroxylation sites is 1. The summed E-state index contributed by atoms with van der Waals surface area (Å²) in [6, 6.07) is 13.7. The van der Waals surface area contributed by atoms with E-state index in [0.29, 0.717) is 18.1 Å². The zero-order valence-corrected chi connectivity index (χ0v) is 40.4. The maximum absolute atomic E-state index is 12.9. The number of nitrogens with two attached hydrogens (primary N) is 1. The molecule has 72 heavy (non-hydrogen) atoms. The van der Waals surface area contributed by atoms with Crippen molar-refractivity contribution in [1.82, 2.24) is 15.0 Å². The van der Waals surface area contributed by atoms with E-state index in [1.165, 1.54) is 36.4 Å². The highest BCUT2D eigenvalue weighted by molar-refractivity contribution is 7.95. The minimum absolute atomic E-state index is 0.00209. The van der Waals surface area contributed by atoms with Gasteiger partial charge in [-0.05, 0) is 72.3 Å². The maximum atomic E-state index is 12.9. The SMILES string of the molecule is Nc1c(N=Nc2ccc(Nc3nc(Cl)nc(Nc4ccccc4C(=O)O)n3)cc2SOOO)cc(S(=O)(=O)O)c2cc(SOOO)c(N=Nc3ccc(S(=O)(=O)CCOSOOO)cc3S(=O)(=O)O)c(O)c12. The minimum Gasteiger partial charge on any atom is -0.505 e. The van der Waals surface area contributed by atoms with Gasteiger partial charge in [0.2, 0.25) is 17.2 Å². The van der Waals surface area contributed by atoms with E-state index >= 15 is 0 Å². The number of hydrogen-bond acceptors (Lipinski definition) is 31. The molecular formula is C34H27ClN10O21S6. The Morgan fingerprint density at radius 3 is 2.01 bits per heavy atom. The summed E-state index contributed by atoms with van der Waals surface area (Å²) in [5, 5.41) is 77.6. The lowest BCUT2D eigenvalue weighted by atomic mass is 10.0. The number of azo groups is 2. The number of phenols is 1. The Kier molecular flexibility index (Phi) is 18.5. The molecule has 6 aromatic rings. The normalized spacial score (nSPS) is 12.3. The van der Waals surface area contributed by atoms with Crippen molar-refractivity contribution >= 4 is 147 Å². The van der Waals surface area contributed by atoms with Gasteiger partial charge in [-0.15, -0.1) is 33.5 Å². The fourth-order valence-corrected chi connectivity index (χ4v) is 9.79. The molecule has 0 atom stereocenters. The minimum atomic E-state index is -5.29. The molecule has 0 amide bonds. The van der Waals surface area contributed by atoms with E-state index < -0.39 is 107 Å². The number of fused-ring (bicyclic) bond motifs is 1. The van der Waals surface area contributed by atoms with E-state index in [0.717, 1.165) is 24.3 Å². The molecule has 0 unspecified atom stereocenters. The lowest BCUT2D eigenvalue weighted by Gasteiger charge is -2.14. The van der Waals surface area contributed by atoms with E-state index in [1.807, 2.05) is 0 Å². The highest BCUT2D eigenvalue weighted by Gasteiger charge is 2.27. The van der Waals surface area contributed by atoms with Crippen LogP contribution in [-0.2, 0) is 62.4 Å². The Morgan fingerprint density at radius 1 is 0.722 bits per heavy atom. The average Bonchev–Trinajstić information content (AvgIpc) is 3.31. The van der Waals surface area contributed by atoms with Crippen LogP contribution < -0.4 is 16.4 Å². The number of rotatable bonds is 24. The van der Waals surface area contributed by atoms with Crippen molar-refractivity contribution < 1.29 is 97.4 Å². The van der Waals surface area contributed by atoms with Gasteiger partial charge < -0.3 is 26.6 Å². The number of carbonyl (C=O) groups is 1. The van der Waals surface area contributed by atoms with Crippen molar-refractivity contribution in [3.63, 3.8) is 0 Å². The van der Waals surface area contributed by atoms with Crippen LogP contribution in [0, 0.1) is 0 Å². The third-order valence-corrected chi connectivity index (χ3v) is 14.0. The quantitative estimate of drug-likeness (QED) is 0.00520. The number of carboxylic acids is 1. The van der Waals surface area contributed by atoms with Crippen LogP contribution in [0.4, 0.5) is 51.7 Å². The summed E-state index contributed by atoms with van der Waals surface area (Å²) in [5.41, 5.74) is 3.98. The highest BCUT2D eigenvalue weighted by atomic mass is 35.5. The zero-order valence-electron chi connectivity index (χ0n) is 34.7. The molecule has 38 heteroatoms. The second kappa shape index (κ2) is 24.1. The third-order valence-electron chi connectivity index (χ3n) is 8.77. The number of aromatic nitrogens is 3. The second-order valence-corrected chi connectivity index (χ2v) is 20.3. The molecule has 382 valence electrons. The molecule has 0 spiro atoms. The molecule has 0 saturated carbocycles. The van der Waals surface area contributed by atoms with Gasteiger partial charge in [-0.3, -0.25) is 13.3 Å². The van der Waals surface area contributed by atoms with E-state index in [9.17, 15) is 49.4 Å². The van der Waals surface area contributed by atoms with Crippen LogP contribution in [0.2, 0.25) is 5.28 Å². The van der Waals surface area contributed by atoms with Crippen molar-refractivity contribution in [2.24, 2.45) is 20.5 Å². The van der Waals surface area contributed by atoms with Crippen LogP contribution in [0.5, 0.6) is 5.75 Å². The van der Waals surface area contributed by atoms with E-state index in [-0.39, 0.29) is 69.1 Å². The summed E-state index contributed by atoms with van der Waals surface area (Å²) in [6.45, 7) is -0.566. The summed E-state index contributed by atoms with van der Waals surface area (Å²) in [4.78, 5) is 20.7. The predicted molar refractivity (Wildman–Crippen MR) is 247 cm³/mol. The number of anilines is 5. The average molecular weight is 1140 g/mol. The van der Waals surface area contributed by atoms with Crippen LogP contribution in [0.25, 0.3) is 10.8 Å².